The van der Waals surface area contributed by atoms with Crippen LogP contribution in [-0.4, -0.2) is 0 Å². The minimum Gasteiger partial charge on any atom is -0.455 e. The fourth-order valence-electron chi connectivity index (χ4n) is 13.7. The summed E-state index contributed by atoms with van der Waals surface area (Å²) >= 11 is 0. The normalized spacial score (nSPS) is 29.6. The van der Waals surface area contributed by atoms with Crippen LogP contribution in [0.25, 0.3) is 21.9 Å². The summed E-state index contributed by atoms with van der Waals surface area (Å²) in [5.41, 5.74) is 12.7. The molecule has 6 aliphatic rings. The summed E-state index contributed by atoms with van der Waals surface area (Å²) in [6.07, 6.45) is 8.08. The zero-order valence-electron chi connectivity index (χ0n) is 32.0. The van der Waals surface area contributed by atoms with Crippen LogP contribution in [0, 0.1) is 29.1 Å². The zero-order chi connectivity index (χ0) is 36.2. The third-order valence-corrected chi connectivity index (χ3v) is 16.1. The van der Waals surface area contributed by atoms with Gasteiger partial charge < -0.3 is 9.64 Å². The van der Waals surface area contributed by atoms with Gasteiger partial charge in [0.05, 0.1) is 5.69 Å². The van der Waals surface area contributed by atoms with Crippen LogP contribution >= 0.6 is 0 Å². The Hall–Kier alpha value is -4.82. The first kappa shape index (κ1) is 31.5. The number of hydrogen-bond donors (Lipinski definition) is 0. The molecule has 268 valence electrons. The van der Waals surface area contributed by atoms with E-state index in [1.807, 2.05) is 0 Å². The summed E-state index contributed by atoms with van der Waals surface area (Å²) in [4.78, 5) is 2.52. The van der Waals surface area contributed by atoms with Crippen LogP contribution in [0.3, 0.4) is 0 Å². The maximum absolute atomic E-state index is 7.24. The van der Waals surface area contributed by atoms with E-state index in [0.29, 0.717) is 17.3 Å². The number of nitrogens with zero attached hydrogens (tertiary/aromatic N) is 1. The van der Waals surface area contributed by atoms with Crippen molar-refractivity contribution in [1.82, 2.24) is 0 Å². The van der Waals surface area contributed by atoms with Crippen LogP contribution in [0.15, 0.2) is 127 Å². The maximum Gasteiger partial charge on any atom is 0.155 e. The molecule has 2 bridgehead atoms. The molecule has 6 aromatic rings. The summed E-state index contributed by atoms with van der Waals surface area (Å²) in [5.74, 6) is 5.41. The summed E-state index contributed by atoms with van der Waals surface area (Å²) in [6.45, 7) is 9.73. The molecule has 5 aliphatic carbocycles. The number of anilines is 3. The first-order valence-electron chi connectivity index (χ1n) is 20.6. The first-order chi connectivity index (χ1) is 26.2. The molecule has 0 N–H and O–H groups in total. The van der Waals surface area contributed by atoms with Crippen molar-refractivity contribution in [3.05, 3.63) is 150 Å². The Labute approximate surface area is 320 Å². The Morgan fingerprint density at radius 3 is 2.15 bits per heavy atom. The maximum atomic E-state index is 7.24. The molecule has 6 unspecified atom stereocenters. The number of hydrogen-bond acceptors (Lipinski definition) is 2. The smallest absolute Gasteiger partial charge is 0.155 e. The Balaban J connectivity index is 1.06. The second-order valence-corrected chi connectivity index (χ2v) is 19.2. The van der Waals surface area contributed by atoms with Crippen molar-refractivity contribution in [2.75, 3.05) is 4.90 Å². The molecule has 54 heavy (non-hydrogen) atoms. The van der Waals surface area contributed by atoms with Crippen LogP contribution in [0.2, 0.25) is 0 Å². The fourth-order valence-corrected chi connectivity index (χ4v) is 13.7. The van der Waals surface area contributed by atoms with Gasteiger partial charge in [-0.05, 0) is 148 Å². The Morgan fingerprint density at radius 1 is 0.593 bits per heavy atom. The van der Waals surface area contributed by atoms with Crippen molar-refractivity contribution in [2.24, 2.45) is 29.1 Å². The number of rotatable bonds is 4. The van der Waals surface area contributed by atoms with Gasteiger partial charge in [-0.1, -0.05) is 119 Å². The standard InChI is InChI=1S/C52H49NO/c1-49(2)25-26-50(3,4)43-30-37(23-24-40(43)49)53(36-21-19-34(20-22-36)39-14-9-12-33-11-5-6-13-38(33)39)44-17-10-16-42-48(44)54-45-18-8-7-15-41(45)52(42)46-28-32-27-35-29-47(52)51(35,46)31-32/h5-24,30,32,35,46-47H,25-29,31H2,1-4H3. The average Bonchev–Trinajstić information content (AvgIpc) is 3.72. The third-order valence-electron chi connectivity index (χ3n) is 16.1. The minimum atomic E-state index is 0.0393. The molecular weight excluding hydrogens is 655 g/mol. The van der Waals surface area contributed by atoms with E-state index in [9.17, 15) is 0 Å². The lowest BCUT2D eigenvalue weighted by atomic mass is 9.26. The molecule has 2 heteroatoms. The van der Waals surface area contributed by atoms with Gasteiger partial charge in [0.15, 0.2) is 5.75 Å². The van der Waals surface area contributed by atoms with Crippen LogP contribution in [-0.2, 0) is 16.2 Å². The number of ether oxygens (including phenoxy) is 1. The van der Waals surface area contributed by atoms with Gasteiger partial charge in [0, 0.05) is 27.9 Å². The molecule has 12 rings (SSSR count). The summed E-state index contributed by atoms with van der Waals surface area (Å²) in [7, 11) is 0. The Bertz CT molecular complexity index is 2540. The van der Waals surface area contributed by atoms with E-state index < -0.39 is 0 Å². The Morgan fingerprint density at radius 2 is 1.30 bits per heavy atom. The van der Waals surface area contributed by atoms with Gasteiger partial charge in [0.1, 0.15) is 5.75 Å². The molecule has 4 saturated carbocycles. The van der Waals surface area contributed by atoms with Crippen molar-refractivity contribution in [2.45, 2.75) is 82.5 Å². The SMILES string of the molecule is CC1(C)CCC(C)(C)c2cc(N(c3ccc(-c4cccc5ccccc45)cc3)c3cccc4c3Oc3ccccc3C43C4CC5CC6CC3C64C5)ccc21. The van der Waals surface area contributed by atoms with E-state index in [-0.39, 0.29) is 16.2 Å². The summed E-state index contributed by atoms with van der Waals surface area (Å²) < 4.78 is 7.24. The topological polar surface area (TPSA) is 12.5 Å². The van der Waals surface area contributed by atoms with Crippen LogP contribution < -0.4 is 9.64 Å². The molecule has 2 spiro atoms. The highest BCUT2D eigenvalue weighted by atomic mass is 16.5. The van der Waals surface area contributed by atoms with Gasteiger partial charge in [0.2, 0.25) is 0 Å². The van der Waals surface area contributed by atoms with E-state index >= 15 is 0 Å². The first-order valence-corrected chi connectivity index (χ1v) is 20.6. The molecule has 0 aromatic heterocycles. The predicted molar refractivity (Wildman–Crippen MR) is 222 cm³/mol. The van der Waals surface area contributed by atoms with Crippen LogP contribution in [0.4, 0.5) is 17.1 Å². The molecule has 1 heterocycles. The molecule has 1 aliphatic heterocycles. The van der Waals surface area contributed by atoms with Gasteiger partial charge in [-0.25, -0.2) is 0 Å². The largest absolute Gasteiger partial charge is 0.455 e. The van der Waals surface area contributed by atoms with Gasteiger partial charge in [0.25, 0.3) is 0 Å². The van der Waals surface area contributed by atoms with E-state index in [2.05, 4.69) is 160 Å². The fraction of sp³-hybridized carbons (Fsp3) is 0.346. The van der Waals surface area contributed by atoms with E-state index in [4.69, 9.17) is 4.74 Å². The van der Waals surface area contributed by atoms with Crippen molar-refractivity contribution in [3.63, 3.8) is 0 Å². The lowest BCUT2D eigenvalue weighted by Gasteiger charge is -2.77. The Kier molecular flexibility index (Phi) is 6.12. The van der Waals surface area contributed by atoms with E-state index in [1.165, 1.54) is 88.4 Å². The van der Waals surface area contributed by atoms with E-state index in [0.717, 1.165) is 34.7 Å². The van der Waals surface area contributed by atoms with Crippen LogP contribution in [0.1, 0.15) is 88.5 Å². The highest BCUT2D eigenvalue weighted by molar-refractivity contribution is 5.97. The zero-order valence-corrected chi connectivity index (χ0v) is 32.0. The summed E-state index contributed by atoms with van der Waals surface area (Å²) in [5, 5.41) is 2.56. The van der Waals surface area contributed by atoms with Gasteiger partial charge in [-0.2, -0.15) is 0 Å². The third kappa shape index (κ3) is 3.83. The second-order valence-electron chi connectivity index (χ2n) is 19.2. The molecular formula is C52H49NO. The minimum absolute atomic E-state index is 0.0393. The highest BCUT2D eigenvalue weighted by Crippen LogP contribution is 2.89. The molecule has 4 fully saturated rings. The summed E-state index contributed by atoms with van der Waals surface area (Å²) in [6, 6.07) is 48.2. The lowest BCUT2D eigenvalue weighted by molar-refractivity contribution is -0.235. The van der Waals surface area contributed by atoms with Gasteiger partial charge in [-0.15, -0.1) is 0 Å². The van der Waals surface area contributed by atoms with Crippen molar-refractivity contribution in [1.29, 1.82) is 0 Å². The average molecular weight is 704 g/mol. The van der Waals surface area contributed by atoms with Crippen molar-refractivity contribution >= 4 is 27.8 Å². The molecule has 0 amide bonds. The monoisotopic (exact) mass is 703 g/mol. The number of para-hydroxylation sites is 2. The predicted octanol–water partition coefficient (Wildman–Crippen LogP) is 13.8. The molecule has 6 aromatic carbocycles. The highest BCUT2D eigenvalue weighted by Gasteiger charge is 2.84. The number of benzene rings is 6. The van der Waals surface area contributed by atoms with Crippen molar-refractivity contribution in [3.8, 4) is 22.6 Å². The molecule has 0 saturated heterocycles. The van der Waals surface area contributed by atoms with Gasteiger partial charge in [-0.3, -0.25) is 0 Å². The quantitative estimate of drug-likeness (QED) is 0.181. The molecule has 2 nitrogen and oxygen atoms in total. The van der Waals surface area contributed by atoms with Gasteiger partial charge >= 0.3 is 0 Å². The molecule has 0 radical (unpaired) electrons. The lowest BCUT2D eigenvalue weighted by Crippen LogP contribution is -2.74. The van der Waals surface area contributed by atoms with Crippen LogP contribution in [0.5, 0.6) is 11.5 Å². The van der Waals surface area contributed by atoms with E-state index in [1.54, 1.807) is 0 Å². The molecule has 6 atom stereocenters. The second kappa shape index (κ2) is 10.5. The van der Waals surface area contributed by atoms with Crippen molar-refractivity contribution < 1.29 is 4.74 Å². The number of fused-ring (bicyclic) bond motifs is 9.